The lowest BCUT2D eigenvalue weighted by Gasteiger charge is -2.09. The number of hydrogen-bond donors (Lipinski definition) is 2. The summed E-state index contributed by atoms with van der Waals surface area (Å²) in [6.07, 6.45) is 1.03. The Morgan fingerprint density at radius 2 is 2.46 bits per heavy atom. The molecule has 4 heteroatoms. The minimum atomic E-state index is -0.00963. The van der Waals surface area contributed by atoms with E-state index in [0.717, 1.165) is 10.2 Å². The van der Waals surface area contributed by atoms with Crippen molar-refractivity contribution in [3.05, 3.63) is 20.8 Å². The quantitative estimate of drug-likeness (QED) is 0.874. The first-order chi connectivity index (χ1) is 6.22. The van der Waals surface area contributed by atoms with Crippen LogP contribution in [0.2, 0.25) is 0 Å². The maximum Gasteiger partial charge on any atom is 0.0701 e. The number of aliphatic hydroxyl groups is 1. The van der Waals surface area contributed by atoms with Crippen LogP contribution in [0.5, 0.6) is 0 Å². The van der Waals surface area contributed by atoms with E-state index < -0.39 is 0 Å². The minimum Gasteiger partial charge on any atom is -0.396 e. The van der Waals surface area contributed by atoms with Crippen LogP contribution in [-0.2, 0) is 0 Å². The zero-order chi connectivity index (χ0) is 9.47. The maximum absolute atomic E-state index is 9.21. The third kappa shape index (κ3) is 1.56. The van der Waals surface area contributed by atoms with Crippen LogP contribution in [0.3, 0.4) is 0 Å². The van der Waals surface area contributed by atoms with E-state index in [9.17, 15) is 5.11 Å². The standard InChI is InChI=1S/C9H12BrNOS/c10-8-2-1-7(13-8)6-3-9(6,4-11)5-12/h1-2,6,12H,3-5,11H2. The van der Waals surface area contributed by atoms with Gasteiger partial charge in [-0.1, -0.05) is 0 Å². The first-order valence-corrected chi connectivity index (χ1v) is 5.89. The molecule has 2 atom stereocenters. The van der Waals surface area contributed by atoms with Crippen LogP contribution in [0.25, 0.3) is 0 Å². The summed E-state index contributed by atoms with van der Waals surface area (Å²) < 4.78 is 1.15. The number of aliphatic hydroxyl groups excluding tert-OH is 1. The Hall–Kier alpha value is 0.1000. The monoisotopic (exact) mass is 261 g/mol. The molecular weight excluding hydrogens is 250 g/mol. The van der Waals surface area contributed by atoms with E-state index in [1.807, 2.05) is 0 Å². The van der Waals surface area contributed by atoms with Crippen LogP contribution < -0.4 is 5.73 Å². The maximum atomic E-state index is 9.21. The van der Waals surface area contributed by atoms with Crippen LogP contribution in [0, 0.1) is 5.41 Å². The van der Waals surface area contributed by atoms with E-state index in [-0.39, 0.29) is 12.0 Å². The minimum absolute atomic E-state index is 0.00963. The smallest absolute Gasteiger partial charge is 0.0701 e. The zero-order valence-corrected chi connectivity index (χ0v) is 9.57. The van der Waals surface area contributed by atoms with Gasteiger partial charge in [0.1, 0.15) is 0 Å². The number of hydrogen-bond acceptors (Lipinski definition) is 3. The van der Waals surface area contributed by atoms with Gasteiger partial charge in [0.05, 0.1) is 10.4 Å². The van der Waals surface area contributed by atoms with Crippen molar-refractivity contribution >= 4 is 27.3 Å². The predicted molar refractivity (Wildman–Crippen MR) is 58.0 cm³/mol. The van der Waals surface area contributed by atoms with Crippen molar-refractivity contribution in [1.29, 1.82) is 0 Å². The number of nitrogens with two attached hydrogens (primary N) is 1. The van der Waals surface area contributed by atoms with Crippen LogP contribution in [0.1, 0.15) is 17.2 Å². The second kappa shape index (κ2) is 3.35. The van der Waals surface area contributed by atoms with E-state index in [2.05, 4.69) is 28.1 Å². The molecule has 1 saturated carbocycles. The molecule has 1 heterocycles. The van der Waals surface area contributed by atoms with Crippen molar-refractivity contribution in [3.8, 4) is 0 Å². The Balaban J connectivity index is 2.14. The molecule has 1 fully saturated rings. The second-order valence-corrected chi connectivity index (χ2v) is 6.12. The summed E-state index contributed by atoms with van der Waals surface area (Å²) in [6.45, 7) is 0.799. The SMILES string of the molecule is NCC1(CO)CC1c1ccc(Br)s1. The first-order valence-electron chi connectivity index (χ1n) is 4.28. The fraction of sp³-hybridized carbons (Fsp3) is 0.556. The average Bonchev–Trinajstić information content (AvgIpc) is 2.74. The highest BCUT2D eigenvalue weighted by Crippen LogP contribution is 2.59. The van der Waals surface area contributed by atoms with Crippen LogP contribution >= 0.6 is 27.3 Å². The van der Waals surface area contributed by atoms with Crippen LogP contribution in [0.15, 0.2) is 15.9 Å². The van der Waals surface area contributed by atoms with Crippen LogP contribution in [0.4, 0.5) is 0 Å². The summed E-state index contributed by atoms with van der Waals surface area (Å²) in [6, 6.07) is 4.17. The molecule has 2 unspecified atom stereocenters. The summed E-state index contributed by atoms with van der Waals surface area (Å²) in [5.74, 6) is 0.485. The molecule has 0 saturated heterocycles. The van der Waals surface area contributed by atoms with Gasteiger partial charge in [-0.25, -0.2) is 0 Å². The lowest BCUT2D eigenvalue weighted by molar-refractivity contribution is 0.212. The van der Waals surface area contributed by atoms with Gasteiger partial charge in [0.15, 0.2) is 0 Å². The summed E-state index contributed by atoms with van der Waals surface area (Å²) in [5.41, 5.74) is 5.64. The highest BCUT2D eigenvalue weighted by Gasteiger charge is 2.53. The fourth-order valence-electron chi connectivity index (χ4n) is 1.73. The van der Waals surface area contributed by atoms with E-state index in [4.69, 9.17) is 5.73 Å². The molecule has 0 amide bonds. The van der Waals surface area contributed by atoms with Gasteiger partial charge in [-0.2, -0.15) is 0 Å². The van der Waals surface area contributed by atoms with Gasteiger partial charge in [0.2, 0.25) is 0 Å². The average molecular weight is 262 g/mol. The van der Waals surface area contributed by atoms with Crippen molar-refractivity contribution < 1.29 is 5.11 Å². The molecule has 2 rings (SSSR count). The molecule has 13 heavy (non-hydrogen) atoms. The second-order valence-electron chi connectivity index (χ2n) is 3.62. The molecule has 1 aliphatic rings. The molecule has 0 aliphatic heterocycles. The van der Waals surface area contributed by atoms with Gasteiger partial charge in [-0.15, -0.1) is 11.3 Å². The zero-order valence-electron chi connectivity index (χ0n) is 7.16. The third-order valence-electron chi connectivity index (χ3n) is 2.85. The molecule has 0 radical (unpaired) electrons. The highest BCUT2D eigenvalue weighted by molar-refractivity contribution is 9.11. The van der Waals surface area contributed by atoms with Crippen LogP contribution in [-0.4, -0.2) is 18.3 Å². The van der Waals surface area contributed by atoms with E-state index >= 15 is 0 Å². The third-order valence-corrected chi connectivity index (χ3v) is 4.59. The molecule has 0 aromatic carbocycles. The van der Waals surface area contributed by atoms with Gasteiger partial charge in [0, 0.05) is 22.8 Å². The van der Waals surface area contributed by atoms with Gasteiger partial charge < -0.3 is 10.8 Å². The van der Waals surface area contributed by atoms with Gasteiger partial charge in [-0.05, 0) is 34.5 Å². The Morgan fingerprint density at radius 1 is 1.69 bits per heavy atom. The van der Waals surface area contributed by atoms with Gasteiger partial charge in [-0.3, -0.25) is 0 Å². The highest BCUT2D eigenvalue weighted by atomic mass is 79.9. The summed E-state index contributed by atoms with van der Waals surface area (Å²) in [4.78, 5) is 1.34. The van der Waals surface area contributed by atoms with E-state index in [0.29, 0.717) is 12.5 Å². The number of rotatable bonds is 3. The molecule has 72 valence electrons. The number of thiophene rings is 1. The normalized spacial score (nSPS) is 32.1. The summed E-state index contributed by atoms with van der Waals surface area (Å²) in [7, 11) is 0. The molecule has 0 spiro atoms. The summed E-state index contributed by atoms with van der Waals surface area (Å²) in [5, 5.41) is 9.21. The predicted octanol–water partition coefficient (Wildman–Crippen LogP) is 1.94. The topological polar surface area (TPSA) is 46.2 Å². The van der Waals surface area contributed by atoms with E-state index in [1.54, 1.807) is 11.3 Å². The fourth-order valence-corrected chi connectivity index (χ4v) is 3.40. The Labute approximate surface area is 89.9 Å². The van der Waals surface area contributed by atoms with Gasteiger partial charge in [0.25, 0.3) is 0 Å². The largest absolute Gasteiger partial charge is 0.396 e. The Bertz CT molecular complexity index is 308. The number of halogens is 1. The molecule has 3 N–H and O–H groups in total. The van der Waals surface area contributed by atoms with Crippen molar-refractivity contribution in [2.75, 3.05) is 13.2 Å². The van der Waals surface area contributed by atoms with Crippen molar-refractivity contribution in [2.45, 2.75) is 12.3 Å². The Kier molecular flexibility index (Phi) is 2.49. The van der Waals surface area contributed by atoms with E-state index in [1.165, 1.54) is 4.88 Å². The molecule has 0 bridgehead atoms. The van der Waals surface area contributed by atoms with Crippen molar-refractivity contribution in [3.63, 3.8) is 0 Å². The summed E-state index contributed by atoms with van der Waals surface area (Å²) >= 11 is 5.18. The molecule has 1 aromatic rings. The molecule has 1 aliphatic carbocycles. The van der Waals surface area contributed by atoms with Crippen molar-refractivity contribution in [1.82, 2.24) is 0 Å². The Morgan fingerprint density at radius 3 is 2.85 bits per heavy atom. The molecule has 2 nitrogen and oxygen atoms in total. The lowest BCUT2D eigenvalue weighted by Crippen LogP contribution is -2.21. The van der Waals surface area contributed by atoms with Crippen molar-refractivity contribution in [2.24, 2.45) is 11.1 Å². The molecular formula is C9H12BrNOS. The van der Waals surface area contributed by atoms with Gasteiger partial charge >= 0.3 is 0 Å². The lowest BCUT2D eigenvalue weighted by atomic mass is 10.1. The molecule has 1 aromatic heterocycles. The first kappa shape index (κ1) is 9.65.